The van der Waals surface area contributed by atoms with E-state index in [1.807, 2.05) is 18.2 Å². The molecule has 0 atom stereocenters. The summed E-state index contributed by atoms with van der Waals surface area (Å²) < 4.78 is 19.3. The number of hydrogen-bond acceptors (Lipinski definition) is 4. The molecule has 2 aromatic heterocycles. The lowest BCUT2D eigenvalue weighted by atomic mass is 10.2. The van der Waals surface area contributed by atoms with Gasteiger partial charge in [0.15, 0.2) is 5.82 Å². The van der Waals surface area contributed by atoms with Crippen molar-refractivity contribution in [2.75, 3.05) is 0 Å². The maximum atomic E-state index is 13.9. The SMILES string of the molecule is OCc1ccnc(Oc2ccc3cccnc3c2)c1F. The van der Waals surface area contributed by atoms with E-state index >= 15 is 0 Å². The molecule has 0 fully saturated rings. The van der Waals surface area contributed by atoms with E-state index in [0.29, 0.717) is 5.75 Å². The van der Waals surface area contributed by atoms with Crippen molar-refractivity contribution >= 4 is 10.9 Å². The van der Waals surface area contributed by atoms with Crippen molar-refractivity contribution in [1.29, 1.82) is 0 Å². The Morgan fingerprint density at radius 2 is 2.00 bits per heavy atom. The number of nitrogens with zero attached hydrogens (tertiary/aromatic N) is 2. The molecule has 0 spiro atoms. The van der Waals surface area contributed by atoms with Crippen molar-refractivity contribution in [1.82, 2.24) is 9.97 Å². The predicted octanol–water partition coefficient (Wildman–Crippen LogP) is 3.05. The Bertz CT molecular complexity index is 762. The molecule has 3 rings (SSSR count). The van der Waals surface area contributed by atoms with Gasteiger partial charge in [0.2, 0.25) is 0 Å². The minimum Gasteiger partial charge on any atom is -0.436 e. The Kier molecular flexibility index (Phi) is 3.26. The van der Waals surface area contributed by atoms with Crippen LogP contribution in [0, 0.1) is 5.82 Å². The third-order valence-corrected chi connectivity index (χ3v) is 2.90. The van der Waals surface area contributed by atoms with Gasteiger partial charge in [0.05, 0.1) is 12.1 Å². The average molecular weight is 270 g/mol. The lowest BCUT2D eigenvalue weighted by molar-refractivity contribution is 0.273. The van der Waals surface area contributed by atoms with Crippen LogP contribution in [0.5, 0.6) is 11.6 Å². The fourth-order valence-electron chi connectivity index (χ4n) is 1.88. The summed E-state index contributed by atoms with van der Waals surface area (Å²) in [6.07, 6.45) is 3.07. The summed E-state index contributed by atoms with van der Waals surface area (Å²) in [6.45, 7) is -0.399. The van der Waals surface area contributed by atoms with E-state index in [9.17, 15) is 4.39 Å². The molecule has 4 nitrogen and oxygen atoms in total. The van der Waals surface area contributed by atoms with Crippen LogP contribution in [-0.4, -0.2) is 15.1 Å². The van der Waals surface area contributed by atoms with Crippen molar-refractivity contribution in [3.8, 4) is 11.6 Å². The van der Waals surface area contributed by atoms with Crippen molar-refractivity contribution in [3.05, 3.63) is 60.2 Å². The molecule has 2 heterocycles. The number of ether oxygens (including phenoxy) is 1. The highest BCUT2D eigenvalue weighted by atomic mass is 19.1. The van der Waals surface area contributed by atoms with Gasteiger partial charge >= 0.3 is 0 Å². The Balaban J connectivity index is 1.97. The van der Waals surface area contributed by atoms with Crippen LogP contribution < -0.4 is 4.74 Å². The predicted molar refractivity (Wildman–Crippen MR) is 71.9 cm³/mol. The molecule has 0 amide bonds. The largest absolute Gasteiger partial charge is 0.436 e. The third-order valence-electron chi connectivity index (χ3n) is 2.90. The zero-order valence-corrected chi connectivity index (χ0v) is 10.5. The number of hydrogen-bond donors (Lipinski definition) is 1. The van der Waals surface area contributed by atoms with Crippen molar-refractivity contribution in [3.63, 3.8) is 0 Å². The maximum absolute atomic E-state index is 13.9. The van der Waals surface area contributed by atoms with Gasteiger partial charge in [-0.1, -0.05) is 6.07 Å². The molecule has 20 heavy (non-hydrogen) atoms. The molecule has 0 unspecified atom stereocenters. The van der Waals surface area contributed by atoms with Gasteiger partial charge in [-0.15, -0.1) is 0 Å². The Labute approximate surface area is 114 Å². The van der Waals surface area contributed by atoms with Crippen LogP contribution >= 0.6 is 0 Å². The van der Waals surface area contributed by atoms with Crippen molar-refractivity contribution in [2.45, 2.75) is 6.61 Å². The summed E-state index contributed by atoms with van der Waals surface area (Å²) in [7, 11) is 0. The van der Waals surface area contributed by atoms with Gasteiger partial charge in [0, 0.05) is 29.4 Å². The Hall–Kier alpha value is -2.53. The van der Waals surface area contributed by atoms with Crippen LogP contribution in [-0.2, 0) is 6.61 Å². The maximum Gasteiger partial charge on any atom is 0.256 e. The lowest BCUT2D eigenvalue weighted by Crippen LogP contribution is -1.97. The van der Waals surface area contributed by atoms with E-state index in [-0.39, 0.29) is 11.4 Å². The molecule has 0 aliphatic heterocycles. The summed E-state index contributed by atoms with van der Waals surface area (Å²) in [5.41, 5.74) is 0.901. The number of aromatic nitrogens is 2. The molecule has 0 saturated carbocycles. The molecule has 1 aromatic carbocycles. The van der Waals surface area contributed by atoms with E-state index in [2.05, 4.69) is 9.97 Å². The highest BCUT2D eigenvalue weighted by Crippen LogP contribution is 2.26. The first-order valence-corrected chi connectivity index (χ1v) is 6.05. The van der Waals surface area contributed by atoms with Gasteiger partial charge in [-0.05, 0) is 24.3 Å². The van der Waals surface area contributed by atoms with Gasteiger partial charge in [-0.25, -0.2) is 9.37 Å². The number of benzene rings is 1. The fraction of sp³-hybridized carbons (Fsp3) is 0.0667. The normalized spacial score (nSPS) is 10.7. The van der Waals surface area contributed by atoms with Crippen LogP contribution in [0.25, 0.3) is 10.9 Å². The van der Waals surface area contributed by atoms with Crippen LogP contribution in [0.4, 0.5) is 4.39 Å². The van der Waals surface area contributed by atoms with Crippen molar-refractivity contribution < 1.29 is 14.2 Å². The monoisotopic (exact) mass is 270 g/mol. The van der Waals surface area contributed by atoms with Crippen LogP contribution in [0.1, 0.15) is 5.56 Å². The number of pyridine rings is 2. The topological polar surface area (TPSA) is 55.2 Å². The molecule has 0 radical (unpaired) electrons. The Morgan fingerprint density at radius 1 is 1.10 bits per heavy atom. The highest BCUT2D eigenvalue weighted by molar-refractivity contribution is 5.79. The fourth-order valence-corrected chi connectivity index (χ4v) is 1.88. The van der Waals surface area contributed by atoms with E-state index in [4.69, 9.17) is 9.84 Å². The standard InChI is InChI=1S/C15H11FN2O2/c16-14-11(9-19)5-7-18-15(14)20-12-4-3-10-2-1-6-17-13(10)8-12/h1-8,19H,9H2. The van der Waals surface area contributed by atoms with Gasteiger partial charge in [0.1, 0.15) is 5.75 Å². The number of fused-ring (bicyclic) bond motifs is 1. The summed E-state index contributed by atoms with van der Waals surface area (Å²) in [4.78, 5) is 8.04. The number of aliphatic hydroxyl groups excluding tert-OH is 1. The van der Waals surface area contributed by atoms with E-state index < -0.39 is 12.4 Å². The Morgan fingerprint density at radius 3 is 2.85 bits per heavy atom. The van der Waals surface area contributed by atoms with Crippen LogP contribution in [0.15, 0.2) is 48.8 Å². The quantitative estimate of drug-likeness (QED) is 0.794. The second kappa shape index (κ2) is 5.22. The second-order valence-electron chi connectivity index (χ2n) is 4.21. The lowest BCUT2D eigenvalue weighted by Gasteiger charge is -2.08. The second-order valence-corrected chi connectivity index (χ2v) is 4.21. The molecule has 1 N–H and O–H groups in total. The molecule has 3 aromatic rings. The molecule has 0 saturated heterocycles. The summed E-state index contributed by atoms with van der Waals surface area (Å²) in [5.74, 6) is -0.374. The van der Waals surface area contributed by atoms with E-state index in [1.165, 1.54) is 12.3 Å². The minimum atomic E-state index is -0.656. The van der Waals surface area contributed by atoms with Gasteiger partial charge < -0.3 is 9.84 Å². The highest BCUT2D eigenvalue weighted by Gasteiger charge is 2.11. The van der Waals surface area contributed by atoms with Gasteiger partial charge in [0.25, 0.3) is 5.88 Å². The van der Waals surface area contributed by atoms with E-state index in [0.717, 1.165) is 10.9 Å². The third kappa shape index (κ3) is 2.31. The first kappa shape index (κ1) is 12.5. The zero-order valence-electron chi connectivity index (χ0n) is 10.5. The molecule has 5 heteroatoms. The molecule has 0 aliphatic carbocycles. The smallest absolute Gasteiger partial charge is 0.256 e. The van der Waals surface area contributed by atoms with E-state index in [1.54, 1.807) is 18.3 Å². The van der Waals surface area contributed by atoms with Crippen molar-refractivity contribution in [2.24, 2.45) is 0 Å². The number of halogens is 1. The minimum absolute atomic E-state index is 0.147. The number of rotatable bonds is 3. The molecule has 0 aliphatic rings. The first-order valence-electron chi connectivity index (χ1n) is 6.05. The van der Waals surface area contributed by atoms with Crippen LogP contribution in [0.2, 0.25) is 0 Å². The average Bonchev–Trinajstić information content (AvgIpc) is 2.49. The van der Waals surface area contributed by atoms with Gasteiger partial charge in [-0.3, -0.25) is 4.98 Å². The first-order chi connectivity index (χ1) is 9.78. The molecular formula is C15H11FN2O2. The summed E-state index contributed by atoms with van der Waals surface area (Å²) in [5, 5.41) is 9.99. The number of aliphatic hydroxyl groups is 1. The summed E-state index contributed by atoms with van der Waals surface area (Å²) >= 11 is 0. The summed E-state index contributed by atoms with van der Waals surface area (Å²) in [6, 6.07) is 10.4. The zero-order chi connectivity index (χ0) is 13.9. The molecule has 0 bridgehead atoms. The molecule has 100 valence electrons. The van der Waals surface area contributed by atoms with Crippen LogP contribution in [0.3, 0.4) is 0 Å². The molecular weight excluding hydrogens is 259 g/mol. The van der Waals surface area contributed by atoms with Gasteiger partial charge in [-0.2, -0.15) is 0 Å².